The highest BCUT2D eigenvalue weighted by Gasteiger charge is 2.42. The highest BCUT2D eigenvalue weighted by Crippen LogP contribution is 2.39. The first-order valence-electron chi connectivity index (χ1n) is 13.0. The van der Waals surface area contributed by atoms with Crippen molar-refractivity contribution in [1.29, 1.82) is 0 Å². The minimum Gasteiger partial charge on any atom is -0.493 e. The second-order valence-electron chi connectivity index (χ2n) is 10.4. The van der Waals surface area contributed by atoms with Gasteiger partial charge in [-0.25, -0.2) is 9.37 Å². The molecular formula is C28H31FN4O5. The number of rotatable bonds is 7. The Hall–Kier alpha value is -3.66. The third-order valence-corrected chi connectivity index (χ3v) is 7.80. The molecule has 1 spiro atoms. The number of H-pyrrole nitrogens is 1. The molecule has 5 heterocycles. The van der Waals surface area contributed by atoms with Crippen molar-refractivity contribution in [3.05, 3.63) is 58.8 Å². The van der Waals surface area contributed by atoms with Gasteiger partial charge >= 0.3 is 0 Å². The quantitative estimate of drug-likeness (QED) is 0.591. The van der Waals surface area contributed by atoms with Crippen LogP contribution in [0.3, 0.4) is 0 Å². The van der Waals surface area contributed by atoms with Gasteiger partial charge in [0.25, 0.3) is 0 Å². The summed E-state index contributed by atoms with van der Waals surface area (Å²) in [4.78, 5) is 26.5. The van der Waals surface area contributed by atoms with Crippen molar-refractivity contribution in [3.63, 3.8) is 0 Å². The number of carbonyl (C=O) groups excluding carboxylic acids is 1. The lowest BCUT2D eigenvalue weighted by Crippen LogP contribution is -2.52. The molecule has 0 aromatic carbocycles. The van der Waals surface area contributed by atoms with Crippen LogP contribution in [0.1, 0.15) is 31.4 Å². The van der Waals surface area contributed by atoms with Gasteiger partial charge in [-0.1, -0.05) is 0 Å². The molecule has 2 aromatic rings. The standard InChI is InChI=1S/C28H31FN4O5/c1-17-11-19-26(29)24(14-31-27(19)32-17)38-21-3-7-30-20-13-23(22(35-2)12-18(20)21)37-10-4-25(34)33-8-5-28(6-9-33)15-36-16-28/h3,7,11-12,14,20H,4-6,8-10,13,15-16H2,1-2H3,(H,31,32). The number of ether oxygens (including phenoxy) is 4. The van der Waals surface area contributed by atoms with E-state index in [1.807, 2.05) is 17.9 Å². The molecule has 2 aromatic heterocycles. The molecule has 2 fully saturated rings. The van der Waals surface area contributed by atoms with Crippen LogP contribution in [0.15, 0.2) is 52.3 Å². The Morgan fingerprint density at radius 3 is 2.87 bits per heavy atom. The van der Waals surface area contributed by atoms with Gasteiger partial charge in [0.1, 0.15) is 17.2 Å². The van der Waals surface area contributed by atoms with Crippen LogP contribution < -0.4 is 4.74 Å². The van der Waals surface area contributed by atoms with Gasteiger partial charge in [-0.05, 0) is 38.0 Å². The van der Waals surface area contributed by atoms with E-state index in [9.17, 15) is 4.79 Å². The number of amides is 1. The number of allylic oxidation sites excluding steroid dienone is 2. The number of methoxy groups -OCH3 is 1. The lowest BCUT2D eigenvalue weighted by molar-refractivity contribution is -0.153. The number of nitrogens with one attached hydrogen (secondary N) is 1. The maximum absolute atomic E-state index is 15.1. The minimum atomic E-state index is -0.475. The van der Waals surface area contributed by atoms with Gasteiger partial charge in [0.15, 0.2) is 17.3 Å². The number of carbonyl (C=O) groups is 1. The van der Waals surface area contributed by atoms with Gasteiger partial charge in [0.2, 0.25) is 5.91 Å². The van der Waals surface area contributed by atoms with Crippen LogP contribution >= 0.6 is 0 Å². The minimum absolute atomic E-state index is 0.0367. The van der Waals surface area contributed by atoms with E-state index < -0.39 is 5.82 Å². The molecule has 2 saturated heterocycles. The fourth-order valence-electron chi connectivity index (χ4n) is 5.45. The van der Waals surface area contributed by atoms with Crippen molar-refractivity contribution in [3.8, 4) is 5.75 Å². The number of piperidine rings is 1. The molecule has 4 aliphatic rings. The van der Waals surface area contributed by atoms with Crippen molar-refractivity contribution >= 4 is 23.2 Å². The monoisotopic (exact) mass is 522 g/mol. The molecule has 200 valence electrons. The van der Waals surface area contributed by atoms with E-state index >= 15 is 4.39 Å². The fraction of sp³-hybridized carbons (Fsp3) is 0.464. The van der Waals surface area contributed by atoms with Crippen LogP contribution in [-0.4, -0.2) is 73.1 Å². The Balaban J connectivity index is 1.11. The molecule has 6 rings (SSSR count). The van der Waals surface area contributed by atoms with Gasteiger partial charge in [-0.2, -0.15) is 0 Å². The molecule has 1 aliphatic carbocycles. The van der Waals surface area contributed by atoms with Crippen molar-refractivity contribution in [2.45, 2.75) is 38.6 Å². The molecule has 3 aliphatic heterocycles. The maximum atomic E-state index is 15.1. The molecule has 1 amide bonds. The van der Waals surface area contributed by atoms with Crippen LogP contribution in [0.4, 0.5) is 4.39 Å². The summed E-state index contributed by atoms with van der Waals surface area (Å²) >= 11 is 0. The van der Waals surface area contributed by atoms with Crippen LogP contribution in [0.2, 0.25) is 0 Å². The fourth-order valence-corrected chi connectivity index (χ4v) is 5.45. The second kappa shape index (κ2) is 9.90. The summed E-state index contributed by atoms with van der Waals surface area (Å²) in [5, 5.41) is 0.378. The average Bonchev–Trinajstić information content (AvgIpc) is 3.30. The zero-order valence-corrected chi connectivity index (χ0v) is 21.6. The third-order valence-electron chi connectivity index (χ3n) is 7.80. The topological polar surface area (TPSA) is 98.3 Å². The predicted octanol–water partition coefficient (Wildman–Crippen LogP) is 3.96. The molecule has 9 nitrogen and oxygen atoms in total. The van der Waals surface area contributed by atoms with Crippen molar-refractivity contribution in [2.75, 3.05) is 40.0 Å². The number of aliphatic imine (C=N–C) groups is 1. The third kappa shape index (κ3) is 4.57. The zero-order chi connectivity index (χ0) is 26.3. The number of aromatic amines is 1. The normalized spacial score (nSPS) is 22.1. The lowest BCUT2D eigenvalue weighted by Gasteiger charge is -2.47. The number of nitrogens with zero attached hydrogens (tertiary/aromatic N) is 3. The van der Waals surface area contributed by atoms with Gasteiger partial charge < -0.3 is 28.8 Å². The van der Waals surface area contributed by atoms with Gasteiger partial charge in [-0.15, -0.1) is 0 Å². The Morgan fingerprint density at radius 1 is 1.32 bits per heavy atom. The van der Waals surface area contributed by atoms with Gasteiger partial charge in [-0.3, -0.25) is 9.79 Å². The van der Waals surface area contributed by atoms with Crippen molar-refractivity contribution in [1.82, 2.24) is 14.9 Å². The highest BCUT2D eigenvalue weighted by molar-refractivity contribution is 5.80. The SMILES string of the molecule is COC1=C(OCCC(=O)N2CCC3(CC2)COC3)CC2N=CC=C(Oc3cnc4[nH]c(C)cc4c3F)C2=C1. The molecule has 1 N–H and O–H groups in total. The summed E-state index contributed by atoms with van der Waals surface area (Å²) in [5.74, 6) is 1.31. The van der Waals surface area contributed by atoms with Crippen LogP contribution in [0, 0.1) is 18.2 Å². The summed E-state index contributed by atoms with van der Waals surface area (Å²) in [7, 11) is 1.57. The number of hydrogen-bond donors (Lipinski definition) is 1. The van der Waals surface area contributed by atoms with E-state index in [1.54, 1.807) is 25.5 Å². The van der Waals surface area contributed by atoms with E-state index in [4.69, 9.17) is 18.9 Å². The van der Waals surface area contributed by atoms with E-state index in [1.165, 1.54) is 6.20 Å². The summed E-state index contributed by atoms with van der Waals surface area (Å²) in [5.41, 5.74) is 2.36. The first-order chi connectivity index (χ1) is 18.4. The van der Waals surface area contributed by atoms with Crippen LogP contribution in [-0.2, 0) is 19.0 Å². The van der Waals surface area contributed by atoms with E-state index in [0.29, 0.717) is 46.6 Å². The van der Waals surface area contributed by atoms with Crippen molar-refractivity contribution < 1.29 is 28.1 Å². The van der Waals surface area contributed by atoms with E-state index in [-0.39, 0.29) is 24.3 Å². The first-order valence-corrected chi connectivity index (χ1v) is 13.0. The first kappa shape index (κ1) is 24.7. The molecule has 0 bridgehead atoms. The van der Waals surface area contributed by atoms with E-state index in [0.717, 1.165) is 50.4 Å². The van der Waals surface area contributed by atoms with Crippen LogP contribution in [0.25, 0.3) is 11.0 Å². The Bertz CT molecular complexity index is 1380. The van der Waals surface area contributed by atoms with E-state index in [2.05, 4.69) is 15.0 Å². The summed E-state index contributed by atoms with van der Waals surface area (Å²) in [6, 6.07) is 1.44. The number of aromatic nitrogens is 2. The number of halogens is 1. The lowest BCUT2D eigenvalue weighted by atomic mass is 9.77. The number of hydrogen-bond acceptors (Lipinski definition) is 7. The summed E-state index contributed by atoms with van der Waals surface area (Å²) < 4.78 is 38.1. The Kier molecular flexibility index (Phi) is 6.43. The molecule has 10 heteroatoms. The maximum Gasteiger partial charge on any atom is 0.225 e. The summed E-state index contributed by atoms with van der Waals surface area (Å²) in [6.07, 6.45) is 9.29. The molecule has 1 unspecified atom stereocenters. The average molecular weight is 523 g/mol. The zero-order valence-electron chi connectivity index (χ0n) is 21.6. The Labute approximate surface area is 220 Å². The number of likely N-dealkylation sites (tertiary alicyclic amines) is 1. The summed E-state index contributed by atoms with van der Waals surface area (Å²) in [6.45, 7) is 5.30. The number of pyridine rings is 1. The number of dihydropyridines is 1. The van der Waals surface area contributed by atoms with Gasteiger partial charge in [0.05, 0.1) is 51.0 Å². The molecule has 1 atom stereocenters. The second-order valence-corrected chi connectivity index (χ2v) is 10.4. The molecular weight excluding hydrogens is 491 g/mol. The largest absolute Gasteiger partial charge is 0.493 e. The Morgan fingerprint density at radius 2 is 2.13 bits per heavy atom. The molecule has 0 saturated carbocycles. The van der Waals surface area contributed by atoms with Crippen LogP contribution in [0.5, 0.6) is 5.75 Å². The van der Waals surface area contributed by atoms with Crippen molar-refractivity contribution in [2.24, 2.45) is 10.4 Å². The van der Waals surface area contributed by atoms with Gasteiger partial charge in [0, 0.05) is 42.4 Å². The molecule has 38 heavy (non-hydrogen) atoms. The number of aryl methyl sites for hydroxylation is 1. The molecule has 0 radical (unpaired) electrons. The number of fused-ring (bicyclic) bond motifs is 2. The predicted molar refractivity (Wildman–Crippen MR) is 138 cm³/mol. The highest BCUT2D eigenvalue weighted by atomic mass is 19.1. The smallest absolute Gasteiger partial charge is 0.225 e.